The van der Waals surface area contributed by atoms with Crippen molar-refractivity contribution in [3.8, 4) is 0 Å². The van der Waals surface area contributed by atoms with Crippen LogP contribution in [0.5, 0.6) is 0 Å². The molecule has 0 bridgehead atoms. The highest BCUT2D eigenvalue weighted by molar-refractivity contribution is 7.07. The van der Waals surface area contributed by atoms with E-state index >= 15 is 0 Å². The van der Waals surface area contributed by atoms with Crippen molar-refractivity contribution in [2.75, 3.05) is 11.1 Å². The van der Waals surface area contributed by atoms with Crippen LogP contribution in [0.25, 0.3) is 0 Å². The summed E-state index contributed by atoms with van der Waals surface area (Å²) in [6.45, 7) is 0.553. The molecule has 0 aliphatic rings. The lowest BCUT2D eigenvalue weighted by Crippen LogP contribution is -2.04. The van der Waals surface area contributed by atoms with Gasteiger partial charge >= 0.3 is 0 Å². The zero-order valence-electron chi connectivity index (χ0n) is 8.08. The van der Waals surface area contributed by atoms with E-state index in [-0.39, 0.29) is 5.82 Å². The standard InChI is InChI=1S/C9H8Cl2N4S/c10-6-1-7(11)9(15-8(6)12)13-2-5-3-16-4-14-5/h1,3-4H,2H2,(H3,12,13,15). The molecule has 0 saturated carbocycles. The summed E-state index contributed by atoms with van der Waals surface area (Å²) in [6.07, 6.45) is 0. The number of hydrogen-bond acceptors (Lipinski definition) is 5. The van der Waals surface area contributed by atoms with Gasteiger partial charge in [0.15, 0.2) is 0 Å². The average Bonchev–Trinajstić information content (AvgIpc) is 2.74. The molecule has 0 saturated heterocycles. The van der Waals surface area contributed by atoms with E-state index in [1.807, 2.05) is 5.38 Å². The third-order valence-electron chi connectivity index (χ3n) is 1.88. The fourth-order valence-corrected chi connectivity index (χ4v) is 2.09. The molecule has 0 aliphatic heterocycles. The second-order valence-corrected chi connectivity index (χ2v) is 4.55. The fourth-order valence-electron chi connectivity index (χ4n) is 1.10. The van der Waals surface area contributed by atoms with Gasteiger partial charge in [-0.05, 0) is 6.07 Å². The smallest absolute Gasteiger partial charge is 0.147 e. The topological polar surface area (TPSA) is 63.8 Å². The first kappa shape index (κ1) is 11.4. The van der Waals surface area contributed by atoms with Crippen LogP contribution in [0, 0.1) is 0 Å². The van der Waals surface area contributed by atoms with Gasteiger partial charge in [0, 0.05) is 5.38 Å². The number of nitrogens with one attached hydrogen (secondary N) is 1. The second-order valence-electron chi connectivity index (χ2n) is 3.02. The first-order chi connectivity index (χ1) is 7.66. The summed E-state index contributed by atoms with van der Waals surface area (Å²) in [5, 5.41) is 5.78. The predicted octanol–water partition coefficient (Wildman–Crippen LogP) is 3.04. The number of nitrogens with two attached hydrogens (primary N) is 1. The lowest BCUT2D eigenvalue weighted by molar-refractivity contribution is 1.05. The highest BCUT2D eigenvalue weighted by atomic mass is 35.5. The van der Waals surface area contributed by atoms with Crippen molar-refractivity contribution < 1.29 is 0 Å². The Bertz CT molecular complexity index is 487. The van der Waals surface area contributed by atoms with E-state index in [1.165, 1.54) is 11.3 Å². The molecule has 2 aromatic heterocycles. The minimum atomic E-state index is 0.256. The minimum Gasteiger partial charge on any atom is -0.382 e. The molecule has 0 spiro atoms. The summed E-state index contributed by atoms with van der Waals surface area (Å²) >= 11 is 13.3. The van der Waals surface area contributed by atoms with Crippen LogP contribution in [0.4, 0.5) is 11.6 Å². The van der Waals surface area contributed by atoms with Crippen molar-refractivity contribution >= 4 is 46.2 Å². The predicted molar refractivity (Wildman–Crippen MR) is 68.1 cm³/mol. The molecule has 0 aromatic carbocycles. The molecule has 0 aliphatic carbocycles. The number of aromatic nitrogens is 2. The summed E-state index contributed by atoms with van der Waals surface area (Å²) in [6, 6.07) is 1.56. The van der Waals surface area contributed by atoms with Gasteiger partial charge in [0.2, 0.25) is 0 Å². The van der Waals surface area contributed by atoms with Gasteiger partial charge in [-0.15, -0.1) is 11.3 Å². The Kier molecular flexibility index (Phi) is 3.48. The Balaban J connectivity index is 2.12. The minimum absolute atomic E-state index is 0.256. The molecule has 0 unspecified atom stereocenters. The van der Waals surface area contributed by atoms with Crippen LogP contribution >= 0.6 is 34.5 Å². The number of halogens is 2. The number of nitrogens with zero attached hydrogens (tertiary/aromatic N) is 2. The van der Waals surface area contributed by atoms with E-state index in [0.717, 1.165) is 5.69 Å². The van der Waals surface area contributed by atoms with Crippen molar-refractivity contribution in [3.05, 3.63) is 32.7 Å². The van der Waals surface area contributed by atoms with E-state index in [2.05, 4.69) is 15.3 Å². The maximum Gasteiger partial charge on any atom is 0.147 e. The highest BCUT2D eigenvalue weighted by Crippen LogP contribution is 2.27. The normalized spacial score (nSPS) is 10.4. The van der Waals surface area contributed by atoms with E-state index in [4.69, 9.17) is 28.9 Å². The summed E-state index contributed by atoms with van der Waals surface area (Å²) in [5.41, 5.74) is 8.28. The van der Waals surface area contributed by atoms with Crippen molar-refractivity contribution in [1.82, 2.24) is 9.97 Å². The van der Waals surface area contributed by atoms with E-state index in [0.29, 0.717) is 22.4 Å². The molecule has 16 heavy (non-hydrogen) atoms. The van der Waals surface area contributed by atoms with Gasteiger partial charge in [-0.1, -0.05) is 23.2 Å². The molecule has 3 N–H and O–H groups in total. The van der Waals surface area contributed by atoms with Crippen LogP contribution < -0.4 is 11.1 Å². The van der Waals surface area contributed by atoms with Crippen LogP contribution in [-0.4, -0.2) is 9.97 Å². The fraction of sp³-hybridized carbons (Fsp3) is 0.111. The van der Waals surface area contributed by atoms with E-state index < -0.39 is 0 Å². The third-order valence-corrected chi connectivity index (χ3v) is 3.10. The maximum absolute atomic E-state index is 5.96. The first-order valence-corrected chi connectivity index (χ1v) is 6.09. The number of rotatable bonds is 3. The molecule has 0 fully saturated rings. The van der Waals surface area contributed by atoms with Crippen LogP contribution in [0.3, 0.4) is 0 Å². The summed E-state index contributed by atoms with van der Waals surface area (Å²) < 4.78 is 0. The Hall–Kier alpha value is -1.04. The zero-order valence-corrected chi connectivity index (χ0v) is 10.4. The molecule has 4 nitrogen and oxygen atoms in total. The van der Waals surface area contributed by atoms with Gasteiger partial charge in [-0.3, -0.25) is 0 Å². The van der Waals surface area contributed by atoms with Gasteiger partial charge in [0.05, 0.1) is 27.8 Å². The monoisotopic (exact) mass is 274 g/mol. The van der Waals surface area contributed by atoms with Crippen molar-refractivity contribution in [1.29, 1.82) is 0 Å². The quantitative estimate of drug-likeness (QED) is 0.903. The van der Waals surface area contributed by atoms with Gasteiger partial charge in [0.25, 0.3) is 0 Å². The SMILES string of the molecule is Nc1nc(NCc2cscn2)c(Cl)cc1Cl. The van der Waals surface area contributed by atoms with Crippen LogP contribution in [0.15, 0.2) is 17.0 Å². The molecule has 0 radical (unpaired) electrons. The molecular formula is C9H8Cl2N4S. The average molecular weight is 275 g/mol. The lowest BCUT2D eigenvalue weighted by atomic mass is 10.4. The molecule has 2 rings (SSSR count). The third kappa shape index (κ3) is 2.55. The van der Waals surface area contributed by atoms with Crippen LogP contribution in [0.1, 0.15) is 5.69 Å². The van der Waals surface area contributed by atoms with Crippen molar-refractivity contribution in [3.63, 3.8) is 0 Å². The molecule has 7 heteroatoms. The number of thiazole rings is 1. The van der Waals surface area contributed by atoms with Gasteiger partial charge in [0.1, 0.15) is 11.6 Å². The van der Waals surface area contributed by atoms with Crippen molar-refractivity contribution in [2.45, 2.75) is 6.54 Å². The Morgan fingerprint density at radius 2 is 2.19 bits per heavy atom. The van der Waals surface area contributed by atoms with Crippen LogP contribution in [-0.2, 0) is 6.54 Å². The van der Waals surface area contributed by atoms with Gasteiger partial charge in [-0.25, -0.2) is 9.97 Å². The summed E-state index contributed by atoms with van der Waals surface area (Å²) in [7, 11) is 0. The Morgan fingerprint density at radius 1 is 1.38 bits per heavy atom. The molecule has 0 atom stereocenters. The van der Waals surface area contributed by atoms with Gasteiger partial charge in [-0.2, -0.15) is 0 Å². The number of hydrogen-bond donors (Lipinski definition) is 2. The van der Waals surface area contributed by atoms with Crippen molar-refractivity contribution in [2.24, 2.45) is 0 Å². The second kappa shape index (κ2) is 4.86. The van der Waals surface area contributed by atoms with Crippen LogP contribution in [0.2, 0.25) is 10.0 Å². The largest absolute Gasteiger partial charge is 0.382 e. The van der Waals surface area contributed by atoms with Gasteiger partial charge < -0.3 is 11.1 Å². The Morgan fingerprint density at radius 3 is 2.88 bits per heavy atom. The molecule has 2 aromatic rings. The molecular weight excluding hydrogens is 267 g/mol. The molecule has 2 heterocycles. The summed E-state index contributed by atoms with van der Waals surface area (Å²) in [4.78, 5) is 8.18. The zero-order chi connectivity index (χ0) is 11.5. The van der Waals surface area contributed by atoms with E-state index in [1.54, 1.807) is 11.6 Å². The van der Waals surface area contributed by atoms with E-state index in [9.17, 15) is 0 Å². The number of nitrogen functional groups attached to an aromatic ring is 1. The number of anilines is 2. The maximum atomic E-state index is 5.96. The summed E-state index contributed by atoms with van der Waals surface area (Å²) in [5.74, 6) is 0.767. The molecule has 0 amide bonds. The highest BCUT2D eigenvalue weighted by Gasteiger charge is 2.06. The Labute approximate surface area is 106 Å². The number of pyridine rings is 1. The first-order valence-electron chi connectivity index (χ1n) is 4.39. The molecule has 84 valence electrons. The lowest BCUT2D eigenvalue weighted by Gasteiger charge is -2.07.